The van der Waals surface area contributed by atoms with Crippen molar-refractivity contribution in [1.82, 2.24) is 14.7 Å². The fourth-order valence-electron chi connectivity index (χ4n) is 7.68. The van der Waals surface area contributed by atoms with Crippen molar-refractivity contribution in [3.63, 3.8) is 0 Å². The van der Waals surface area contributed by atoms with Crippen molar-refractivity contribution in [2.45, 2.75) is 64.1 Å². The van der Waals surface area contributed by atoms with Crippen molar-refractivity contribution in [2.75, 3.05) is 32.8 Å². The maximum absolute atomic E-state index is 14.3. The molecule has 0 radical (unpaired) electrons. The smallest absolute Gasteiger partial charge is 0.329 e. The van der Waals surface area contributed by atoms with Gasteiger partial charge in [0, 0.05) is 26.2 Å². The van der Waals surface area contributed by atoms with Gasteiger partial charge in [0.2, 0.25) is 11.8 Å². The van der Waals surface area contributed by atoms with Gasteiger partial charge in [0.1, 0.15) is 12.1 Å². The van der Waals surface area contributed by atoms with Gasteiger partial charge >= 0.3 is 5.97 Å². The number of esters is 1. The summed E-state index contributed by atoms with van der Waals surface area (Å²) in [5, 5.41) is 0. The van der Waals surface area contributed by atoms with E-state index in [0.29, 0.717) is 45.6 Å². The van der Waals surface area contributed by atoms with Gasteiger partial charge in [-0.3, -0.25) is 14.5 Å². The molecule has 7 heteroatoms. The number of ether oxygens (including phenoxy) is 1. The number of hydrogen-bond acceptors (Lipinski definition) is 5. The Balaban J connectivity index is 1.24. The number of carbonyl (C=O) groups is 3. The van der Waals surface area contributed by atoms with Crippen LogP contribution in [0.3, 0.4) is 0 Å². The quantitative estimate of drug-likeness (QED) is 0.125. The lowest BCUT2D eigenvalue weighted by atomic mass is 9.76. The number of hydrogen-bond donors (Lipinski definition) is 0. The molecule has 6 rings (SSSR count). The molecule has 0 N–H and O–H groups in total. The topological polar surface area (TPSA) is 69.9 Å². The van der Waals surface area contributed by atoms with Crippen molar-refractivity contribution in [1.29, 1.82) is 0 Å². The van der Waals surface area contributed by atoms with Gasteiger partial charge < -0.3 is 14.5 Å². The number of unbranched alkanes of at least 4 members (excludes halogenated alkanes) is 1. The first-order valence-electron chi connectivity index (χ1n) is 16.5. The lowest BCUT2D eigenvalue weighted by Gasteiger charge is -2.38. The van der Waals surface area contributed by atoms with Crippen molar-refractivity contribution >= 4 is 17.8 Å². The Bertz CT molecular complexity index is 1400. The summed E-state index contributed by atoms with van der Waals surface area (Å²) in [4.78, 5) is 47.3. The summed E-state index contributed by atoms with van der Waals surface area (Å²) in [7, 11) is 0. The first-order valence-corrected chi connectivity index (χ1v) is 16.5. The van der Waals surface area contributed by atoms with Gasteiger partial charge in [0.25, 0.3) is 0 Å². The van der Waals surface area contributed by atoms with Gasteiger partial charge in [0.15, 0.2) is 0 Å². The maximum atomic E-state index is 14.3. The van der Waals surface area contributed by atoms with Gasteiger partial charge in [-0.1, -0.05) is 118 Å². The van der Waals surface area contributed by atoms with E-state index in [4.69, 9.17) is 4.74 Å². The van der Waals surface area contributed by atoms with Crippen molar-refractivity contribution in [2.24, 2.45) is 11.3 Å². The minimum absolute atomic E-state index is 0.0104. The molecule has 2 unspecified atom stereocenters. The zero-order valence-electron chi connectivity index (χ0n) is 26.7. The highest BCUT2D eigenvalue weighted by molar-refractivity contribution is 5.92. The molecule has 0 aliphatic carbocycles. The molecule has 3 heterocycles. The highest BCUT2D eigenvalue weighted by atomic mass is 16.5. The van der Waals surface area contributed by atoms with E-state index in [1.54, 1.807) is 4.90 Å². The zero-order chi connectivity index (χ0) is 31.6. The SMILES string of the molecule is CCCCOC(=O)[C@H](C(C)C)N1CCC2(CCN(C(=O)[C@@H]3CN3C(c3ccccc3)(c3ccccc3)c3ccccc3)C2)C1=O. The molecule has 7 nitrogen and oxygen atoms in total. The predicted molar refractivity (Wildman–Crippen MR) is 174 cm³/mol. The van der Waals surface area contributed by atoms with E-state index in [1.807, 2.05) is 36.9 Å². The standard InChI is InChI=1S/C38H45N3O4/c1-4-5-25-45-35(43)33(28(2)3)40-24-22-37(36(40)44)21-23-39(27-37)34(42)32-26-41(32)38(29-15-9-6-10-16-29,30-17-11-7-12-18-30)31-19-13-8-14-20-31/h6-20,28,32-33H,4-5,21-27H2,1-3H3/t32-,33-,37?,41?/m0/s1. The van der Waals surface area contributed by atoms with E-state index >= 15 is 0 Å². The van der Waals surface area contributed by atoms with Crippen LogP contribution in [0.15, 0.2) is 91.0 Å². The fraction of sp³-hybridized carbons (Fsp3) is 0.447. The van der Waals surface area contributed by atoms with E-state index in [1.165, 1.54) is 0 Å². The minimum Gasteiger partial charge on any atom is -0.464 e. The van der Waals surface area contributed by atoms with Gasteiger partial charge in [-0.15, -0.1) is 0 Å². The first kappa shape index (κ1) is 31.0. The van der Waals surface area contributed by atoms with Crippen LogP contribution in [0.1, 0.15) is 63.1 Å². The van der Waals surface area contributed by atoms with Crippen LogP contribution in [0.4, 0.5) is 0 Å². The summed E-state index contributed by atoms with van der Waals surface area (Å²) in [6.07, 6.45) is 3.02. The molecule has 3 saturated heterocycles. The second-order valence-corrected chi connectivity index (χ2v) is 13.2. The van der Waals surface area contributed by atoms with Crippen LogP contribution in [0.5, 0.6) is 0 Å². The van der Waals surface area contributed by atoms with Gasteiger partial charge in [0.05, 0.1) is 17.6 Å². The highest BCUT2D eigenvalue weighted by Crippen LogP contribution is 2.49. The summed E-state index contributed by atoms with van der Waals surface area (Å²) < 4.78 is 5.57. The molecule has 0 bridgehead atoms. The van der Waals surface area contributed by atoms with Crippen LogP contribution in [0, 0.1) is 11.3 Å². The maximum Gasteiger partial charge on any atom is 0.329 e. The molecule has 0 saturated carbocycles. The fourth-order valence-corrected chi connectivity index (χ4v) is 7.68. The third kappa shape index (κ3) is 5.56. The second-order valence-electron chi connectivity index (χ2n) is 13.2. The van der Waals surface area contributed by atoms with Crippen molar-refractivity contribution in [3.05, 3.63) is 108 Å². The van der Waals surface area contributed by atoms with E-state index in [0.717, 1.165) is 29.5 Å². The molecule has 2 amide bonds. The van der Waals surface area contributed by atoms with Crippen molar-refractivity contribution < 1.29 is 19.1 Å². The average Bonchev–Trinajstić information content (AvgIpc) is 3.64. The van der Waals surface area contributed by atoms with E-state index < -0.39 is 17.0 Å². The third-order valence-electron chi connectivity index (χ3n) is 10.1. The molecule has 3 aromatic rings. The lowest BCUT2D eigenvalue weighted by Crippen LogP contribution is -2.49. The Morgan fingerprint density at radius 3 is 1.91 bits per heavy atom. The molecule has 3 fully saturated rings. The minimum atomic E-state index is -0.637. The molecule has 236 valence electrons. The van der Waals surface area contributed by atoms with E-state index in [-0.39, 0.29) is 29.7 Å². The van der Waals surface area contributed by atoms with Gasteiger partial charge in [-0.2, -0.15) is 0 Å². The van der Waals surface area contributed by atoms with Crippen LogP contribution < -0.4 is 0 Å². The molecule has 3 aromatic carbocycles. The molecule has 3 aliphatic rings. The summed E-state index contributed by atoms with van der Waals surface area (Å²) in [6, 6.07) is 30.4. The molecule has 45 heavy (non-hydrogen) atoms. The Labute approximate surface area is 267 Å². The summed E-state index contributed by atoms with van der Waals surface area (Å²) >= 11 is 0. The number of benzene rings is 3. The van der Waals surface area contributed by atoms with Gasteiger partial charge in [-0.05, 0) is 41.9 Å². The summed E-state index contributed by atoms with van der Waals surface area (Å²) in [6.45, 7) is 8.45. The predicted octanol–water partition coefficient (Wildman–Crippen LogP) is 5.48. The third-order valence-corrected chi connectivity index (χ3v) is 10.1. The molecule has 0 aromatic heterocycles. The number of carbonyl (C=O) groups excluding carboxylic acids is 3. The Hall–Kier alpha value is -3.97. The van der Waals surface area contributed by atoms with Crippen LogP contribution in [0.25, 0.3) is 0 Å². The van der Waals surface area contributed by atoms with E-state index in [2.05, 4.69) is 84.6 Å². The Morgan fingerprint density at radius 2 is 1.40 bits per heavy atom. The molecule has 4 atom stereocenters. The average molecular weight is 608 g/mol. The Morgan fingerprint density at radius 1 is 0.867 bits per heavy atom. The largest absolute Gasteiger partial charge is 0.464 e. The monoisotopic (exact) mass is 607 g/mol. The molecular weight excluding hydrogens is 562 g/mol. The number of likely N-dealkylation sites (tertiary alicyclic amines) is 2. The Kier molecular flexibility index (Phi) is 8.82. The van der Waals surface area contributed by atoms with Crippen LogP contribution >= 0.6 is 0 Å². The summed E-state index contributed by atoms with van der Waals surface area (Å²) in [5.74, 6) is -0.310. The molecule has 1 spiro atoms. The number of nitrogens with zero attached hydrogens (tertiary/aromatic N) is 3. The van der Waals surface area contributed by atoms with Crippen LogP contribution in [-0.4, -0.2) is 77.4 Å². The normalized spacial score (nSPS) is 23.5. The lowest BCUT2D eigenvalue weighted by molar-refractivity contribution is -0.157. The van der Waals surface area contributed by atoms with Crippen LogP contribution in [0.2, 0.25) is 0 Å². The van der Waals surface area contributed by atoms with Gasteiger partial charge in [-0.25, -0.2) is 4.79 Å². The number of rotatable bonds is 11. The molecular formula is C38H45N3O4. The van der Waals surface area contributed by atoms with Crippen LogP contribution in [-0.2, 0) is 24.7 Å². The number of amides is 2. The van der Waals surface area contributed by atoms with Crippen molar-refractivity contribution in [3.8, 4) is 0 Å². The highest BCUT2D eigenvalue weighted by Gasteiger charge is 2.60. The van der Waals surface area contributed by atoms with E-state index in [9.17, 15) is 14.4 Å². The first-order chi connectivity index (χ1) is 21.8. The molecule has 3 aliphatic heterocycles. The zero-order valence-corrected chi connectivity index (χ0v) is 26.7. The second kappa shape index (κ2) is 12.8. The summed E-state index contributed by atoms with van der Waals surface area (Å²) in [5.41, 5.74) is 2.07.